The molecule has 0 N–H and O–H groups in total. The van der Waals surface area contributed by atoms with Gasteiger partial charge in [-0.2, -0.15) is 0 Å². The predicted octanol–water partition coefficient (Wildman–Crippen LogP) is 2.36. The van der Waals surface area contributed by atoms with Crippen LogP contribution in [0, 0.1) is 5.41 Å². The van der Waals surface area contributed by atoms with Crippen molar-refractivity contribution in [1.29, 1.82) is 0 Å². The minimum Gasteiger partial charge on any atom is -0.317 e. The number of oxime groups is 1. The van der Waals surface area contributed by atoms with E-state index in [1.165, 1.54) is 0 Å². The average Bonchev–Trinajstić information content (AvgIpc) is 2.23. The van der Waals surface area contributed by atoms with Crippen LogP contribution in [0.4, 0.5) is 0 Å². The van der Waals surface area contributed by atoms with Gasteiger partial charge in [-0.15, -0.1) is 0 Å². The molecule has 3 nitrogen and oxygen atoms in total. The minimum atomic E-state index is -0.479. The van der Waals surface area contributed by atoms with Gasteiger partial charge in [0.15, 0.2) is 0 Å². The lowest BCUT2D eigenvalue weighted by atomic mass is 9.84. The quantitative estimate of drug-likeness (QED) is 0.657. The monoisotopic (exact) mass is 203 g/mol. The summed E-state index contributed by atoms with van der Waals surface area (Å²) in [6.45, 7) is 3.74. The maximum absolute atomic E-state index is 11.4. The first-order valence-corrected chi connectivity index (χ1v) is 4.93. The van der Waals surface area contributed by atoms with Crippen LogP contribution >= 0.6 is 0 Å². The first kappa shape index (κ1) is 9.90. The standard InChI is InChI=1S/C12H13NO2/c1-12(2)8-10(13-15-11(12)14)9-6-4-3-5-7-9/h3-7H,8H2,1-2H3. The Morgan fingerprint density at radius 2 is 1.93 bits per heavy atom. The van der Waals surface area contributed by atoms with Gasteiger partial charge in [0, 0.05) is 6.42 Å². The van der Waals surface area contributed by atoms with E-state index in [4.69, 9.17) is 4.84 Å². The van der Waals surface area contributed by atoms with E-state index in [-0.39, 0.29) is 5.97 Å². The van der Waals surface area contributed by atoms with Gasteiger partial charge in [0.1, 0.15) is 0 Å². The third-order valence-electron chi connectivity index (χ3n) is 2.51. The van der Waals surface area contributed by atoms with Crippen molar-refractivity contribution in [3.63, 3.8) is 0 Å². The van der Waals surface area contributed by atoms with Crippen LogP contribution in [0.5, 0.6) is 0 Å². The molecule has 1 aliphatic heterocycles. The topological polar surface area (TPSA) is 38.7 Å². The number of rotatable bonds is 1. The van der Waals surface area contributed by atoms with Crippen molar-refractivity contribution in [3.05, 3.63) is 35.9 Å². The molecule has 0 saturated heterocycles. The Morgan fingerprint density at radius 3 is 2.53 bits per heavy atom. The fourth-order valence-electron chi connectivity index (χ4n) is 1.53. The third kappa shape index (κ3) is 1.91. The molecule has 78 valence electrons. The molecule has 0 atom stereocenters. The summed E-state index contributed by atoms with van der Waals surface area (Å²) in [5.74, 6) is -0.262. The lowest BCUT2D eigenvalue weighted by Gasteiger charge is -2.25. The van der Waals surface area contributed by atoms with Crippen LogP contribution in [-0.4, -0.2) is 11.7 Å². The maximum atomic E-state index is 11.4. The highest BCUT2D eigenvalue weighted by Gasteiger charge is 2.35. The van der Waals surface area contributed by atoms with Crippen molar-refractivity contribution in [1.82, 2.24) is 0 Å². The summed E-state index contributed by atoms with van der Waals surface area (Å²) in [6, 6.07) is 9.77. The number of nitrogens with zero attached hydrogens (tertiary/aromatic N) is 1. The molecule has 1 aromatic rings. The van der Waals surface area contributed by atoms with E-state index < -0.39 is 5.41 Å². The van der Waals surface area contributed by atoms with Gasteiger partial charge in [-0.1, -0.05) is 35.5 Å². The van der Waals surface area contributed by atoms with Gasteiger partial charge in [-0.05, 0) is 19.4 Å². The molecule has 0 saturated carbocycles. The highest BCUT2D eigenvalue weighted by Crippen LogP contribution is 2.28. The Hall–Kier alpha value is -1.64. The number of benzene rings is 1. The lowest BCUT2D eigenvalue weighted by Crippen LogP contribution is -2.32. The molecule has 1 aromatic carbocycles. The molecule has 0 amide bonds. The number of carbonyl (C=O) groups is 1. The van der Waals surface area contributed by atoms with Crippen molar-refractivity contribution in [3.8, 4) is 0 Å². The fourth-order valence-corrected chi connectivity index (χ4v) is 1.53. The molecule has 0 bridgehead atoms. The Labute approximate surface area is 88.7 Å². The van der Waals surface area contributed by atoms with Crippen LogP contribution in [0.15, 0.2) is 35.5 Å². The Morgan fingerprint density at radius 1 is 1.27 bits per heavy atom. The van der Waals surface area contributed by atoms with Crippen molar-refractivity contribution in [2.24, 2.45) is 10.6 Å². The zero-order chi connectivity index (χ0) is 10.9. The average molecular weight is 203 g/mol. The molecule has 3 heteroatoms. The Bertz CT molecular complexity index is 407. The molecule has 15 heavy (non-hydrogen) atoms. The van der Waals surface area contributed by atoms with E-state index in [1.807, 2.05) is 44.2 Å². The smallest absolute Gasteiger partial charge is 0.317 e. The van der Waals surface area contributed by atoms with Gasteiger partial charge in [0.2, 0.25) is 0 Å². The molecule has 0 aromatic heterocycles. The van der Waals surface area contributed by atoms with E-state index in [2.05, 4.69) is 5.16 Å². The molecule has 0 aliphatic carbocycles. The van der Waals surface area contributed by atoms with Crippen LogP contribution in [0.3, 0.4) is 0 Å². The van der Waals surface area contributed by atoms with Gasteiger partial charge >= 0.3 is 5.97 Å². The summed E-state index contributed by atoms with van der Waals surface area (Å²) >= 11 is 0. The van der Waals surface area contributed by atoms with E-state index in [9.17, 15) is 4.79 Å². The summed E-state index contributed by atoms with van der Waals surface area (Å²) in [4.78, 5) is 16.2. The Balaban J connectivity index is 2.30. The minimum absolute atomic E-state index is 0.262. The summed E-state index contributed by atoms with van der Waals surface area (Å²) in [7, 11) is 0. The third-order valence-corrected chi connectivity index (χ3v) is 2.51. The van der Waals surface area contributed by atoms with E-state index >= 15 is 0 Å². The molecule has 2 rings (SSSR count). The number of carbonyl (C=O) groups excluding carboxylic acids is 1. The molecule has 0 fully saturated rings. The first-order valence-electron chi connectivity index (χ1n) is 4.93. The second-order valence-electron chi connectivity index (χ2n) is 4.34. The summed E-state index contributed by atoms with van der Waals surface area (Å²) < 4.78 is 0. The largest absolute Gasteiger partial charge is 0.340 e. The zero-order valence-electron chi connectivity index (χ0n) is 8.86. The van der Waals surface area contributed by atoms with Crippen molar-refractivity contribution in [2.75, 3.05) is 0 Å². The molecular weight excluding hydrogens is 190 g/mol. The van der Waals surface area contributed by atoms with Crippen molar-refractivity contribution < 1.29 is 9.63 Å². The first-order chi connectivity index (χ1) is 7.09. The molecular formula is C12H13NO2. The van der Waals surface area contributed by atoms with Crippen molar-refractivity contribution in [2.45, 2.75) is 20.3 Å². The fraction of sp³-hybridized carbons (Fsp3) is 0.333. The number of hydrogen-bond acceptors (Lipinski definition) is 3. The van der Waals surface area contributed by atoms with Crippen molar-refractivity contribution >= 4 is 11.7 Å². The zero-order valence-corrected chi connectivity index (χ0v) is 8.86. The molecule has 1 aliphatic rings. The van der Waals surface area contributed by atoms with Gasteiger partial charge in [0.05, 0.1) is 11.1 Å². The van der Waals surface area contributed by atoms with Gasteiger partial charge in [0.25, 0.3) is 0 Å². The van der Waals surface area contributed by atoms with Crippen LogP contribution in [0.2, 0.25) is 0 Å². The second kappa shape index (κ2) is 3.50. The second-order valence-corrected chi connectivity index (χ2v) is 4.34. The molecule has 0 unspecified atom stereocenters. The molecule has 0 radical (unpaired) electrons. The van der Waals surface area contributed by atoms with Crippen LogP contribution < -0.4 is 0 Å². The highest BCUT2D eigenvalue weighted by atomic mass is 16.7. The number of hydrogen-bond donors (Lipinski definition) is 0. The maximum Gasteiger partial charge on any atom is 0.340 e. The molecule has 1 heterocycles. The Kier molecular flexibility index (Phi) is 2.31. The van der Waals surface area contributed by atoms with Gasteiger partial charge < -0.3 is 4.84 Å². The van der Waals surface area contributed by atoms with E-state index in [1.54, 1.807) is 0 Å². The van der Waals surface area contributed by atoms with E-state index in [0.717, 1.165) is 11.3 Å². The van der Waals surface area contributed by atoms with Gasteiger partial charge in [-0.3, -0.25) is 0 Å². The normalized spacial score (nSPS) is 19.3. The predicted molar refractivity (Wildman–Crippen MR) is 57.5 cm³/mol. The van der Waals surface area contributed by atoms with Gasteiger partial charge in [-0.25, -0.2) is 4.79 Å². The summed E-state index contributed by atoms with van der Waals surface area (Å²) in [5.41, 5.74) is 1.37. The molecule has 0 spiro atoms. The summed E-state index contributed by atoms with van der Waals surface area (Å²) in [5, 5.41) is 3.84. The van der Waals surface area contributed by atoms with Crippen LogP contribution in [0.1, 0.15) is 25.8 Å². The van der Waals surface area contributed by atoms with Crippen LogP contribution in [0.25, 0.3) is 0 Å². The highest BCUT2D eigenvalue weighted by molar-refractivity contribution is 6.04. The van der Waals surface area contributed by atoms with E-state index in [0.29, 0.717) is 6.42 Å². The van der Waals surface area contributed by atoms with Crippen LogP contribution in [-0.2, 0) is 9.63 Å². The summed E-state index contributed by atoms with van der Waals surface area (Å²) in [6.07, 6.45) is 0.621. The lowest BCUT2D eigenvalue weighted by molar-refractivity contribution is -0.155. The SMILES string of the molecule is CC1(C)CC(c2ccccc2)=NOC1=O.